The Hall–Kier alpha value is -3.15. The maximum atomic E-state index is 11.9. The SMILES string of the molecule is CC(C(=O)O)c1ccc(NC(=O)CCCNC(=O)c2ccccc2)cc1. The van der Waals surface area contributed by atoms with E-state index in [1.54, 1.807) is 55.5 Å². The minimum absolute atomic E-state index is 0.155. The highest BCUT2D eigenvalue weighted by Crippen LogP contribution is 2.18. The van der Waals surface area contributed by atoms with Gasteiger partial charge < -0.3 is 15.7 Å². The van der Waals surface area contributed by atoms with E-state index in [1.165, 1.54) is 0 Å². The highest BCUT2D eigenvalue weighted by molar-refractivity contribution is 5.94. The van der Waals surface area contributed by atoms with Crippen LogP contribution in [0.2, 0.25) is 0 Å². The number of hydrogen-bond donors (Lipinski definition) is 3. The number of aliphatic carboxylic acids is 1. The van der Waals surface area contributed by atoms with Crippen LogP contribution in [0.4, 0.5) is 5.69 Å². The average Bonchev–Trinajstić information content (AvgIpc) is 2.65. The van der Waals surface area contributed by atoms with Gasteiger partial charge in [-0.1, -0.05) is 30.3 Å². The number of hydrogen-bond acceptors (Lipinski definition) is 3. The highest BCUT2D eigenvalue weighted by Gasteiger charge is 2.13. The van der Waals surface area contributed by atoms with Gasteiger partial charge in [-0.25, -0.2) is 0 Å². The largest absolute Gasteiger partial charge is 0.481 e. The molecule has 2 aromatic rings. The summed E-state index contributed by atoms with van der Waals surface area (Å²) >= 11 is 0. The van der Waals surface area contributed by atoms with Crippen LogP contribution in [0.25, 0.3) is 0 Å². The molecule has 0 spiro atoms. The molecule has 1 atom stereocenters. The van der Waals surface area contributed by atoms with Crippen molar-refractivity contribution in [1.82, 2.24) is 5.32 Å². The van der Waals surface area contributed by atoms with Gasteiger partial charge in [-0.3, -0.25) is 14.4 Å². The molecule has 0 saturated carbocycles. The zero-order valence-electron chi connectivity index (χ0n) is 14.6. The topological polar surface area (TPSA) is 95.5 Å². The van der Waals surface area contributed by atoms with Gasteiger partial charge in [0.2, 0.25) is 5.91 Å². The van der Waals surface area contributed by atoms with Gasteiger partial charge in [-0.05, 0) is 43.2 Å². The Morgan fingerprint density at radius 1 is 1.00 bits per heavy atom. The van der Waals surface area contributed by atoms with E-state index in [-0.39, 0.29) is 18.2 Å². The lowest BCUT2D eigenvalue weighted by Gasteiger charge is -2.09. The minimum atomic E-state index is -0.890. The second-order valence-electron chi connectivity index (χ2n) is 5.96. The Morgan fingerprint density at radius 2 is 1.65 bits per heavy atom. The molecule has 0 aliphatic heterocycles. The van der Waals surface area contributed by atoms with Crippen LogP contribution in [0, 0.1) is 0 Å². The van der Waals surface area contributed by atoms with Gasteiger partial charge >= 0.3 is 5.97 Å². The molecule has 0 aromatic heterocycles. The maximum absolute atomic E-state index is 11.9. The van der Waals surface area contributed by atoms with Gasteiger partial charge in [-0.2, -0.15) is 0 Å². The van der Waals surface area contributed by atoms with Crippen LogP contribution in [0.1, 0.15) is 41.6 Å². The number of anilines is 1. The summed E-state index contributed by atoms with van der Waals surface area (Å²) in [5.41, 5.74) is 1.89. The quantitative estimate of drug-likeness (QED) is 0.635. The fourth-order valence-corrected chi connectivity index (χ4v) is 2.36. The first kappa shape index (κ1) is 19.2. The summed E-state index contributed by atoms with van der Waals surface area (Å²) < 4.78 is 0. The highest BCUT2D eigenvalue weighted by atomic mass is 16.4. The van der Waals surface area contributed by atoms with Crippen molar-refractivity contribution in [3.05, 3.63) is 65.7 Å². The number of carbonyl (C=O) groups excluding carboxylic acids is 2. The van der Waals surface area contributed by atoms with Crippen molar-refractivity contribution in [3.63, 3.8) is 0 Å². The number of amides is 2. The Balaban J connectivity index is 1.72. The van der Waals surface area contributed by atoms with Gasteiger partial charge in [0.05, 0.1) is 5.92 Å². The van der Waals surface area contributed by atoms with E-state index in [9.17, 15) is 14.4 Å². The van der Waals surface area contributed by atoms with Gasteiger partial charge in [0.15, 0.2) is 0 Å². The molecule has 26 heavy (non-hydrogen) atoms. The maximum Gasteiger partial charge on any atom is 0.310 e. The van der Waals surface area contributed by atoms with E-state index in [2.05, 4.69) is 10.6 Å². The smallest absolute Gasteiger partial charge is 0.310 e. The molecule has 0 heterocycles. The Bertz CT molecular complexity index is 757. The Labute approximate surface area is 152 Å². The summed E-state index contributed by atoms with van der Waals surface area (Å²) in [5, 5.41) is 14.5. The monoisotopic (exact) mass is 354 g/mol. The number of rotatable bonds is 8. The number of carboxylic acid groups (broad SMARTS) is 1. The molecule has 0 radical (unpaired) electrons. The van der Waals surface area contributed by atoms with Crippen molar-refractivity contribution in [2.24, 2.45) is 0 Å². The number of benzene rings is 2. The van der Waals surface area contributed by atoms with Crippen LogP contribution in [0.5, 0.6) is 0 Å². The Kier molecular flexibility index (Phi) is 6.91. The molecule has 2 amide bonds. The Morgan fingerprint density at radius 3 is 2.27 bits per heavy atom. The molecule has 0 aliphatic rings. The van der Waals surface area contributed by atoms with E-state index in [4.69, 9.17) is 5.11 Å². The number of carbonyl (C=O) groups is 3. The fraction of sp³-hybridized carbons (Fsp3) is 0.250. The van der Waals surface area contributed by atoms with Crippen molar-refractivity contribution in [2.45, 2.75) is 25.7 Å². The van der Waals surface area contributed by atoms with Crippen molar-refractivity contribution in [1.29, 1.82) is 0 Å². The van der Waals surface area contributed by atoms with Crippen LogP contribution < -0.4 is 10.6 Å². The van der Waals surface area contributed by atoms with Crippen molar-refractivity contribution in [3.8, 4) is 0 Å². The van der Waals surface area contributed by atoms with E-state index < -0.39 is 11.9 Å². The molecule has 0 saturated heterocycles. The van der Waals surface area contributed by atoms with Crippen LogP contribution in [0.15, 0.2) is 54.6 Å². The lowest BCUT2D eigenvalue weighted by molar-refractivity contribution is -0.138. The molecule has 2 aromatic carbocycles. The molecule has 0 bridgehead atoms. The second kappa shape index (κ2) is 9.36. The van der Waals surface area contributed by atoms with Crippen LogP contribution in [0.3, 0.4) is 0 Å². The molecule has 2 rings (SSSR count). The zero-order valence-corrected chi connectivity index (χ0v) is 14.6. The third-order valence-electron chi connectivity index (χ3n) is 3.97. The summed E-state index contributed by atoms with van der Waals surface area (Å²) in [4.78, 5) is 34.7. The fourth-order valence-electron chi connectivity index (χ4n) is 2.36. The first-order chi connectivity index (χ1) is 12.5. The predicted octanol–water partition coefficient (Wildman–Crippen LogP) is 3.02. The predicted molar refractivity (Wildman–Crippen MR) is 99.1 cm³/mol. The summed E-state index contributed by atoms with van der Waals surface area (Å²) in [6.07, 6.45) is 0.806. The molecule has 0 fully saturated rings. The second-order valence-corrected chi connectivity index (χ2v) is 5.96. The molecule has 1 unspecified atom stereocenters. The lowest BCUT2D eigenvalue weighted by Crippen LogP contribution is -2.25. The van der Waals surface area contributed by atoms with Crippen LogP contribution in [-0.4, -0.2) is 29.4 Å². The van der Waals surface area contributed by atoms with E-state index in [0.29, 0.717) is 29.8 Å². The molecular formula is C20H22N2O4. The normalized spacial score (nSPS) is 11.4. The standard InChI is InChI=1S/C20H22N2O4/c1-14(20(25)26)15-9-11-17(12-10-15)22-18(23)8-5-13-21-19(24)16-6-3-2-4-7-16/h2-4,6-7,9-12,14H,5,8,13H2,1H3,(H,21,24)(H,22,23)(H,25,26). The molecule has 6 heteroatoms. The van der Waals surface area contributed by atoms with Gasteiger partial charge in [0, 0.05) is 24.2 Å². The lowest BCUT2D eigenvalue weighted by atomic mass is 10.0. The average molecular weight is 354 g/mol. The van der Waals surface area contributed by atoms with Gasteiger partial charge in [0.25, 0.3) is 5.91 Å². The number of nitrogens with one attached hydrogen (secondary N) is 2. The van der Waals surface area contributed by atoms with E-state index in [0.717, 1.165) is 0 Å². The first-order valence-corrected chi connectivity index (χ1v) is 8.43. The summed E-state index contributed by atoms with van der Waals surface area (Å²) in [6.45, 7) is 2.02. The summed E-state index contributed by atoms with van der Waals surface area (Å²) in [5.74, 6) is -1.79. The third kappa shape index (κ3) is 5.73. The molecular weight excluding hydrogens is 332 g/mol. The molecule has 3 N–H and O–H groups in total. The van der Waals surface area contributed by atoms with Crippen molar-refractivity contribution in [2.75, 3.05) is 11.9 Å². The third-order valence-corrected chi connectivity index (χ3v) is 3.97. The molecule has 6 nitrogen and oxygen atoms in total. The first-order valence-electron chi connectivity index (χ1n) is 8.43. The van der Waals surface area contributed by atoms with Gasteiger partial charge in [-0.15, -0.1) is 0 Å². The summed E-state index contributed by atoms with van der Waals surface area (Å²) in [7, 11) is 0. The van der Waals surface area contributed by atoms with Crippen LogP contribution in [-0.2, 0) is 9.59 Å². The van der Waals surface area contributed by atoms with Crippen molar-refractivity contribution >= 4 is 23.5 Å². The summed E-state index contributed by atoms with van der Waals surface area (Å²) in [6, 6.07) is 15.6. The van der Waals surface area contributed by atoms with E-state index in [1.807, 2.05) is 6.07 Å². The van der Waals surface area contributed by atoms with Crippen molar-refractivity contribution < 1.29 is 19.5 Å². The van der Waals surface area contributed by atoms with E-state index >= 15 is 0 Å². The minimum Gasteiger partial charge on any atom is -0.481 e. The zero-order chi connectivity index (χ0) is 18.9. The molecule has 136 valence electrons. The number of carboxylic acids is 1. The van der Waals surface area contributed by atoms with Gasteiger partial charge in [0.1, 0.15) is 0 Å². The molecule has 0 aliphatic carbocycles. The van der Waals surface area contributed by atoms with Crippen LogP contribution >= 0.6 is 0 Å².